The molecule has 0 unspecified atom stereocenters. The molecule has 140 valence electrons. The molecule has 27 heavy (non-hydrogen) atoms. The number of hydrogen-bond acceptors (Lipinski definition) is 4. The fraction of sp³-hybridized carbons (Fsp3) is 0.381. The molecule has 0 spiro atoms. The zero-order valence-corrected chi connectivity index (χ0v) is 16.0. The first kappa shape index (κ1) is 17.5. The number of carbonyl (C=O) groups is 1. The molecule has 1 fully saturated rings. The van der Waals surface area contributed by atoms with Crippen molar-refractivity contribution < 1.29 is 9.53 Å². The van der Waals surface area contributed by atoms with Crippen LogP contribution in [0.1, 0.15) is 41.1 Å². The minimum Gasteiger partial charge on any atom is -0.468 e. The van der Waals surface area contributed by atoms with Crippen molar-refractivity contribution in [3.8, 4) is 5.88 Å². The highest BCUT2D eigenvalue weighted by Gasteiger charge is 2.30. The highest BCUT2D eigenvalue weighted by atomic mass is 16.5. The Bertz CT molecular complexity index is 988. The van der Waals surface area contributed by atoms with Gasteiger partial charge >= 0.3 is 0 Å². The van der Waals surface area contributed by atoms with Gasteiger partial charge in [0.1, 0.15) is 0 Å². The van der Waals surface area contributed by atoms with Crippen molar-refractivity contribution in [2.75, 3.05) is 6.61 Å². The van der Waals surface area contributed by atoms with E-state index in [2.05, 4.69) is 15.4 Å². The molecule has 4 rings (SSSR count). The third-order valence-corrected chi connectivity index (χ3v) is 4.92. The van der Waals surface area contributed by atoms with Crippen LogP contribution in [-0.2, 0) is 18.4 Å². The molecule has 1 aromatic carbocycles. The monoisotopic (exact) mass is 364 g/mol. The molecule has 2 aromatic heterocycles. The molecule has 6 heteroatoms. The van der Waals surface area contributed by atoms with Gasteiger partial charge in [0.15, 0.2) is 12.3 Å². The van der Waals surface area contributed by atoms with Gasteiger partial charge in [-0.05, 0) is 37.8 Å². The third-order valence-electron chi connectivity index (χ3n) is 4.92. The first-order valence-electron chi connectivity index (χ1n) is 9.30. The predicted molar refractivity (Wildman–Crippen MR) is 104 cm³/mol. The molecule has 0 bridgehead atoms. The quantitative estimate of drug-likeness (QED) is 0.729. The van der Waals surface area contributed by atoms with E-state index < -0.39 is 0 Å². The van der Waals surface area contributed by atoms with Gasteiger partial charge in [0, 0.05) is 31.0 Å². The molecule has 1 aliphatic rings. The summed E-state index contributed by atoms with van der Waals surface area (Å²) in [5, 5.41) is 8.63. The fourth-order valence-electron chi connectivity index (χ4n) is 3.25. The van der Waals surface area contributed by atoms with Crippen LogP contribution in [0.3, 0.4) is 0 Å². The Morgan fingerprint density at radius 1 is 1.26 bits per heavy atom. The Hall–Kier alpha value is -2.89. The van der Waals surface area contributed by atoms with Crippen LogP contribution >= 0.6 is 0 Å². The minimum absolute atomic E-state index is 0.0584. The van der Waals surface area contributed by atoms with Crippen LogP contribution in [0.2, 0.25) is 0 Å². The van der Waals surface area contributed by atoms with Crippen LogP contribution in [0, 0.1) is 13.8 Å². The number of pyridine rings is 1. The summed E-state index contributed by atoms with van der Waals surface area (Å²) in [5.41, 5.74) is 5.30. The molecule has 6 nitrogen and oxygen atoms in total. The van der Waals surface area contributed by atoms with E-state index in [0.29, 0.717) is 18.3 Å². The number of nitrogens with one attached hydrogen (secondary N) is 1. The number of rotatable bonds is 6. The van der Waals surface area contributed by atoms with Crippen molar-refractivity contribution >= 4 is 16.9 Å². The Labute approximate surface area is 158 Å². The maximum Gasteiger partial charge on any atom is 0.258 e. The number of benzene rings is 1. The second-order valence-electron chi connectivity index (χ2n) is 7.31. The van der Waals surface area contributed by atoms with Crippen LogP contribution in [-0.4, -0.2) is 27.3 Å². The second kappa shape index (κ2) is 7.02. The normalized spacial score (nSPS) is 13.7. The van der Waals surface area contributed by atoms with Crippen LogP contribution in [0.5, 0.6) is 5.88 Å². The van der Waals surface area contributed by atoms with Crippen LogP contribution in [0.15, 0.2) is 30.3 Å². The fourth-order valence-corrected chi connectivity index (χ4v) is 3.25. The summed E-state index contributed by atoms with van der Waals surface area (Å²) < 4.78 is 7.45. The highest BCUT2D eigenvalue weighted by Crippen LogP contribution is 2.43. The molecule has 3 aromatic rings. The highest BCUT2D eigenvalue weighted by molar-refractivity contribution is 5.84. The van der Waals surface area contributed by atoms with Gasteiger partial charge in [-0.3, -0.25) is 9.48 Å². The summed E-state index contributed by atoms with van der Waals surface area (Å²) in [6.07, 6.45) is 2.40. The van der Waals surface area contributed by atoms with Crippen molar-refractivity contribution in [3.05, 3.63) is 52.7 Å². The van der Waals surface area contributed by atoms with Crippen molar-refractivity contribution in [3.63, 3.8) is 0 Å². The van der Waals surface area contributed by atoms with Gasteiger partial charge < -0.3 is 10.1 Å². The Balaban J connectivity index is 1.40. The second-order valence-corrected chi connectivity index (χ2v) is 7.31. The predicted octanol–water partition coefficient (Wildman–Crippen LogP) is 3.16. The topological polar surface area (TPSA) is 69.0 Å². The molecule has 0 atom stereocenters. The molecule has 0 saturated heterocycles. The van der Waals surface area contributed by atoms with E-state index in [9.17, 15) is 4.79 Å². The SMILES string of the molecule is Cc1ccc(CNC(=O)COc2cc(C)c3c(C4CC4)nn(C)c3n2)cc1. The number of ether oxygens (including phenoxy) is 1. The van der Waals surface area contributed by atoms with Crippen molar-refractivity contribution in [1.29, 1.82) is 0 Å². The van der Waals surface area contributed by atoms with E-state index in [4.69, 9.17) is 4.74 Å². The lowest BCUT2D eigenvalue weighted by Crippen LogP contribution is -2.28. The van der Waals surface area contributed by atoms with E-state index in [1.54, 1.807) is 4.68 Å². The third kappa shape index (κ3) is 3.79. The maximum atomic E-state index is 12.1. The average molecular weight is 364 g/mol. The van der Waals surface area contributed by atoms with E-state index in [1.165, 1.54) is 18.4 Å². The summed E-state index contributed by atoms with van der Waals surface area (Å²) in [6.45, 7) is 4.51. The Morgan fingerprint density at radius 3 is 2.70 bits per heavy atom. The lowest BCUT2D eigenvalue weighted by atomic mass is 10.1. The van der Waals surface area contributed by atoms with Crippen molar-refractivity contribution in [1.82, 2.24) is 20.1 Å². The van der Waals surface area contributed by atoms with Gasteiger partial charge in [-0.1, -0.05) is 29.8 Å². The summed E-state index contributed by atoms with van der Waals surface area (Å²) >= 11 is 0. The Kier molecular flexibility index (Phi) is 4.56. The van der Waals surface area contributed by atoms with E-state index in [-0.39, 0.29) is 12.5 Å². The number of fused-ring (bicyclic) bond motifs is 1. The summed E-state index contributed by atoms with van der Waals surface area (Å²) in [7, 11) is 1.90. The number of nitrogens with zero attached hydrogens (tertiary/aromatic N) is 3. The molecule has 0 radical (unpaired) electrons. The molecular weight excluding hydrogens is 340 g/mol. The lowest BCUT2D eigenvalue weighted by molar-refractivity contribution is -0.123. The molecule has 1 saturated carbocycles. The number of carbonyl (C=O) groups excluding carboxylic acids is 1. The Morgan fingerprint density at radius 2 is 2.00 bits per heavy atom. The van der Waals surface area contributed by atoms with Crippen LogP contribution in [0.25, 0.3) is 11.0 Å². The van der Waals surface area contributed by atoms with E-state index in [0.717, 1.165) is 27.9 Å². The first-order chi connectivity index (χ1) is 13.0. The molecule has 2 heterocycles. The minimum atomic E-state index is -0.168. The van der Waals surface area contributed by atoms with Crippen LogP contribution in [0.4, 0.5) is 0 Å². The van der Waals surface area contributed by atoms with Crippen molar-refractivity contribution in [2.45, 2.75) is 39.2 Å². The molecule has 1 N–H and O–H groups in total. The number of aromatic nitrogens is 3. The summed E-state index contributed by atoms with van der Waals surface area (Å²) in [5.74, 6) is 0.850. The molecule has 1 aliphatic carbocycles. The van der Waals surface area contributed by atoms with Gasteiger partial charge in [-0.25, -0.2) is 0 Å². The van der Waals surface area contributed by atoms with Gasteiger partial charge in [0.05, 0.1) is 5.69 Å². The van der Waals surface area contributed by atoms with Gasteiger partial charge in [0.2, 0.25) is 5.88 Å². The summed E-state index contributed by atoms with van der Waals surface area (Å²) in [6, 6.07) is 9.97. The zero-order valence-electron chi connectivity index (χ0n) is 16.0. The number of aryl methyl sites for hydroxylation is 3. The van der Waals surface area contributed by atoms with Gasteiger partial charge in [0.25, 0.3) is 5.91 Å². The van der Waals surface area contributed by atoms with Crippen molar-refractivity contribution in [2.24, 2.45) is 7.05 Å². The van der Waals surface area contributed by atoms with Gasteiger partial charge in [-0.2, -0.15) is 10.1 Å². The number of hydrogen-bond donors (Lipinski definition) is 1. The lowest BCUT2D eigenvalue weighted by Gasteiger charge is -2.09. The van der Waals surface area contributed by atoms with Crippen LogP contribution < -0.4 is 10.1 Å². The molecular formula is C21H24N4O2. The molecule has 1 amide bonds. The van der Waals surface area contributed by atoms with Gasteiger partial charge in [-0.15, -0.1) is 0 Å². The zero-order chi connectivity index (χ0) is 19.0. The average Bonchev–Trinajstić information content (AvgIpc) is 3.44. The largest absolute Gasteiger partial charge is 0.468 e. The molecule has 0 aliphatic heterocycles. The maximum absolute atomic E-state index is 12.1. The smallest absolute Gasteiger partial charge is 0.258 e. The first-order valence-corrected chi connectivity index (χ1v) is 9.30. The standard InChI is InChI=1S/C21H24N4O2/c1-13-4-6-15(7-5-13)11-22-17(26)12-27-18-10-14(2)19-20(16-8-9-16)24-25(3)21(19)23-18/h4-7,10,16H,8-9,11-12H2,1-3H3,(H,22,26). The van der Waals surface area contributed by atoms with E-state index >= 15 is 0 Å². The number of amides is 1. The van der Waals surface area contributed by atoms with E-state index in [1.807, 2.05) is 51.2 Å². The summed E-state index contributed by atoms with van der Waals surface area (Å²) in [4.78, 5) is 16.7.